The van der Waals surface area contributed by atoms with Crippen molar-refractivity contribution in [1.29, 1.82) is 0 Å². The van der Waals surface area contributed by atoms with Crippen molar-refractivity contribution in [3.8, 4) is 0 Å². The molecule has 3 heteroatoms. The van der Waals surface area contributed by atoms with E-state index >= 15 is 0 Å². The lowest BCUT2D eigenvalue weighted by atomic mass is 9.74. The molecular weight excluding hydrogens is 204 g/mol. The lowest BCUT2D eigenvalue weighted by Crippen LogP contribution is -2.46. The van der Waals surface area contributed by atoms with E-state index in [1.54, 1.807) is 13.8 Å². The third-order valence-corrected chi connectivity index (χ3v) is 4.87. The van der Waals surface area contributed by atoms with Crippen LogP contribution < -0.4 is 0 Å². The lowest BCUT2D eigenvalue weighted by molar-refractivity contribution is -0.173. The SMILES string of the molecule is CC(C)(O)C1C(=O)OC2CC1C1CCCC21. The van der Waals surface area contributed by atoms with Gasteiger partial charge in [-0.2, -0.15) is 0 Å². The largest absolute Gasteiger partial charge is 0.462 e. The maximum Gasteiger partial charge on any atom is 0.312 e. The molecule has 3 fully saturated rings. The Balaban J connectivity index is 1.93. The Kier molecular flexibility index (Phi) is 2.13. The number of carbonyl (C=O) groups excluding carboxylic acids is 1. The van der Waals surface area contributed by atoms with Gasteiger partial charge in [0.05, 0.1) is 11.5 Å². The average Bonchev–Trinajstić information content (AvgIpc) is 2.69. The highest BCUT2D eigenvalue weighted by Crippen LogP contribution is 2.56. The van der Waals surface area contributed by atoms with Crippen LogP contribution in [0.1, 0.15) is 39.5 Å². The molecule has 0 amide bonds. The summed E-state index contributed by atoms with van der Waals surface area (Å²) >= 11 is 0. The Morgan fingerprint density at radius 3 is 2.62 bits per heavy atom. The van der Waals surface area contributed by atoms with Gasteiger partial charge in [0, 0.05) is 0 Å². The second-order valence-corrected chi connectivity index (χ2v) is 6.26. The third kappa shape index (κ3) is 1.33. The van der Waals surface area contributed by atoms with E-state index in [1.165, 1.54) is 19.3 Å². The standard InChI is InChI=1S/C13H20O3/c1-13(2,15)11-9-6-10(16-12(11)14)8-5-3-4-7(8)9/h7-11,15H,3-6H2,1-2H3. The predicted octanol–water partition coefficient (Wildman–Crippen LogP) is 1.74. The van der Waals surface area contributed by atoms with E-state index in [0.29, 0.717) is 17.8 Å². The first-order chi connectivity index (χ1) is 7.48. The van der Waals surface area contributed by atoms with Gasteiger partial charge in [-0.1, -0.05) is 6.42 Å². The normalized spacial score (nSPS) is 46.7. The molecule has 2 bridgehead atoms. The van der Waals surface area contributed by atoms with E-state index in [1.807, 2.05) is 0 Å². The molecule has 16 heavy (non-hydrogen) atoms. The topological polar surface area (TPSA) is 46.5 Å². The molecule has 90 valence electrons. The maximum absolute atomic E-state index is 12.0. The molecule has 5 unspecified atom stereocenters. The number of ether oxygens (including phenoxy) is 1. The van der Waals surface area contributed by atoms with Gasteiger partial charge in [-0.25, -0.2) is 0 Å². The molecule has 0 radical (unpaired) electrons. The number of esters is 1. The van der Waals surface area contributed by atoms with E-state index in [-0.39, 0.29) is 18.0 Å². The van der Waals surface area contributed by atoms with Crippen LogP contribution in [0.2, 0.25) is 0 Å². The Bertz CT molecular complexity index is 318. The van der Waals surface area contributed by atoms with E-state index in [4.69, 9.17) is 4.74 Å². The molecular formula is C13H20O3. The van der Waals surface area contributed by atoms with Gasteiger partial charge >= 0.3 is 5.97 Å². The van der Waals surface area contributed by atoms with Crippen LogP contribution in [0.15, 0.2) is 0 Å². The Morgan fingerprint density at radius 1 is 1.25 bits per heavy atom. The fourth-order valence-corrected chi connectivity index (χ4v) is 4.36. The molecule has 0 aromatic carbocycles. The molecule has 1 saturated heterocycles. The first kappa shape index (κ1) is 10.6. The second-order valence-electron chi connectivity index (χ2n) is 6.26. The molecule has 2 aliphatic carbocycles. The van der Waals surface area contributed by atoms with Gasteiger partial charge in [0.15, 0.2) is 0 Å². The molecule has 1 N–H and O–H groups in total. The zero-order valence-electron chi connectivity index (χ0n) is 9.98. The lowest BCUT2D eigenvalue weighted by Gasteiger charge is -2.37. The predicted molar refractivity (Wildman–Crippen MR) is 58.6 cm³/mol. The minimum absolute atomic E-state index is 0.156. The first-order valence-corrected chi connectivity index (χ1v) is 6.41. The molecule has 2 saturated carbocycles. The van der Waals surface area contributed by atoms with Crippen molar-refractivity contribution in [2.24, 2.45) is 23.7 Å². The van der Waals surface area contributed by atoms with Crippen LogP contribution in [0.3, 0.4) is 0 Å². The summed E-state index contributed by atoms with van der Waals surface area (Å²) in [6.07, 6.45) is 4.82. The van der Waals surface area contributed by atoms with Crippen LogP contribution in [0.25, 0.3) is 0 Å². The summed E-state index contributed by atoms with van der Waals surface area (Å²) in [5, 5.41) is 10.2. The monoisotopic (exact) mass is 224 g/mol. The maximum atomic E-state index is 12.0. The quantitative estimate of drug-likeness (QED) is 0.690. The van der Waals surface area contributed by atoms with Crippen LogP contribution in [-0.2, 0) is 9.53 Å². The van der Waals surface area contributed by atoms with E-state index < -0.39 is 5.60 Å². The van der Waals surface area contributed by atoms with Gasteiger partial charge in [0.1, 0.15) is 6.10 Å². The number of carbonyl (C=O) groups is 1. The van der Waals surface area contributed by atoms with Crippen molar-refractivity contribution in [2.45, 2.75) is 51.2 Å². The summed E-state index contributed by atoms with van der Waals surface area (Å²) in [5.41, 5.74) is -0.940. The van der Waals surface area contributed by atoms with Crippen LogP contribution in [0.4, 0.5) is 0 Å². The smallest absolute Gasteiger partial charge is 0.312 e. The minimum atomic E-state index is -0.940. The molecule has 1 aliphatic heterocycles. The fraction of sp³-hybridized carbons (Fsp3) is 0.923. The van der Waals surface area contributed by atoms with E-state index in [0.717, 1.165) is 6.42 Å². The van der Waals surface area contributed by atoms with Crippen LogP contribution in [0, 0.1) is 23.7 Å². The molecule has 3 rings (SSSR count). The molecule has 0 aromatic heterocycles. The van der Waals surface area contributed by atoms with E-state index in [2.05, 4.69) is 0 Å². The molecule has 3 aliphatic rings. The number of aliphatic hydroxyl groups is 1. The molecule has 0 aromatic rings. The average molecular weight is 224 g/mol. The van der Waals surface area contributed by atoms with Crippen molar-refractivity contribution in [1.82, 2.24) is 0 Å². The zero-order valence-corrected chi connectivity index (χ0v) is 9.98. The first-order valence-electron chi connectivity index (χ1n) is 6.41. The van der Waals surface area contributed by atoms with E-state index in [9.17, 15) is 9.90 Å². The summed E-state index contributed by atoms with van der Waals surface area (Å²) < 4.78 is 5.53. The molecule has 1 heterocycles. The Labute approximate surface area is 96.2 Å². The van der Waals surface area contributed by atoms with Gasteiger partial charge in [-0.15, -0.1) is 0 Å². The second kappa shape index (κ2) is 3.22. The summed E-state index contributed by atoms with van der Waals surface area (Å²) in [4.78, 5) is 12.0. The number of hydrogen-bond acceptors (Lipinski definition) is 3. The molecule has 3 nitrogen and oxygen atoms in total. The Hall–Kier alpha value is -0.570. The van der Waals surface area contributed by atoms with Crippen molar-refractivity contribution in [3.63, 3.8) is 0 Å². The van der Waals surface area contributed by atoms with Crippen molar-refractivity contribution < 1.29 is 14.6 Å². The van der Waals surface area contributed by atoms with Gasteiger partial charge in [-0.3, -0.25) is 4.79 Å². The third-order valence-electron chi connectivity index (χ3n) is 4.87. The highest BCUT2D eigenvalue weighted by molar-refractivity contribution is 5.75. The summed E-state index contributed by atoms with van der Waals surface area (Å²) in [5.74, 6) is 1.09. The van der Waals surface area contributed by atoms with Crippen molar-refractivity contribution >= 4 is 5.97 Å². The van der Waals surface area contributed by atoms with Crippen molar-refractivity contribution in [2.75, 3.05) is 0 Å². The minimum Gasteiger partial charge on any atom is -0.462 e. The molecule has 0 spiro atoms. The van der Waals surface area contributed by atoms with Gasteiger partial charge in [-0.05, 0) is 50.9 Å². The summed E-state index contributed by atoms with van der Waals surface area (Å²) in [6, 6.07) is 0. The highest BCUT2D eigenvalue weighted by Gasteiger charge is 2.58. The van der Waals surface area contributed by atoms with Gasteiger partial charge in [0.2, 0.25) is 0 Å². The van der Waals surface area contributed by atoms with Crippen molar-refractivity contribution in [3.05, 3.63) is 0 Å². The number of fused-ring (bicyclic) bond motifs is 5. The number of hydrogen-bond donors (Lipinski definition) is 1. The van der Waals surface area contributed by atoms with Crippen LogP contribution in [-0.4, -0.2) is 22.8 Å². The van der Waals surface area contributed by atoms with Gasteiger partial charge < -0.3 is 9.84 Å². The Morgan fingerprint density at radius 2 is 1.94 bits per heavy atom. The zero-order chi connectivity index (χ0) is 11.5. The van der Waals surface area contributed by atoms with Crippen LogP contribution >= 0.6 is 0 Å². The number of rotatable bonds is 1. The highest BCUT2D eigenvalue weighted by atomic mass is 16.5. The van der Waals surface area contributed by atoms with Crippen LogP contribution in [0.5, 0.6) is 0 Å². The fourth-order valence-electron chi connectivity index (χ4n) is 4.36. The summed E-state index contributed by atoms with van der Waals surface area (Å²) in [6.45, 7) is 3.48. The molecule has 5 atom stereocenters. The summed E-state index contributed by atoms with van der Waals surface area (Å²) in [7, 11) is 0. The van der Waals surface area contributed by atoms with Gasteiger partial charge in [0.25, 0.3) is 0 Å².